The number of hydrogen-bond acceptors (Lipinski definition) is 4. The van der Waals surface area contributed by atoms with Gasteiger partial charge in [0.2, 0.25) is 5.91 Å². The lowest BCUT2D eigenvalue weighted by atomic mass is 10.2. The predicted molar refractivity (Wildman–Crippen MR) is 107 cm³/mol. The highest BCUT2D eigenvalue weighted by molar-refractivity contribution is 9.10. The number of thioether (sulfide) groups is 1. The molecule has 0 bridgehead atoms. The van der Waals surface area contributed by atoms with Gasteiger partial charge < -0.3 is 5.32 Å². The molecule has 0 radical (unpaired) electrons. The zero-order chi connectivity index (χ0) is 18.7. The fourth-order valence-electron chi connectivity index (χ4n) is 2.44. The second kappa shape index (κ2) is 7.88. The number of anilines is 1. The molecule has 3 amide bonds. The minimum atomic E-state index is -0.463. The number of benzene rings is 2. The number of aryl methyl sites for hydroxylation is 1. The zero-order valence-electron chi connectivity index (χ0n) is 13.9. The van der Waals surface area contributed by atoms with Gasteiger partial charge in [0, 0.05) is 10.2 Å². The fraction of sp³-hybridized carbons (Fsp3) is 0.105. The van der Waals surface area contributed by atoms with Gasteiger partial charge in [-0.25, -0.2) is 0 Å². The second-order valence-electron chi connectivity index (χ2n) is 5.71. The highest BCUT2D eigenvalue weighted by Gasteiger charge is 2.36. The molecule has 0 aliphatic carbocycles. The van der Waals surface area contributed by atoms with Crippen LogP contribution in [-0.4, -0.2) is 28.5 Å². The van der Waals surface area contributed by atoms with Crippen molar-refractivity contribution in [3.63, 3.8) is 0 Å². The van der Waals surface area contributed by atoms with Crippen molar-refractivity contribution in [1.82, 2.24) is 4.90 Å². The molecule has 2 aromatic carbocycles. The molecule has 132 valence electrons. The Hall–Kier alpha value is -2.38. The second-order valence-corrected chi connectivity index (χ2v) is 7.55. The quantitative estimate of drug-likeness (QED) is 0.728. The van der Waals surface area contributed by atoms with Crippen molar-refractivity contribution in [2.45, 2.75) is 6.92 Å². The molecular weight excluding hydrogens is 416 g/mol. The average Bonchev–Trinajstić information content (AvgIpc) is 2.84. The third-order valence-electron chi connectivity index (χ3n) is 3.67. The zero-order valence-corrected chi connectivity index (χ0v) is 16.3. The van der Waals surface area contributed by atoms with Crippen LogP contribution in [0.3, 0.4) is 0 Å². The predicted octanol–water partition coefficient (Wildman–Crippen LogP) is 4.43. The maximum atomic E-state index is 12.5. The fourth-order valence-corrected chi connectivity index (χ4v) is 3.67. The number of hydrogen-bond donors (Lipinski definition) is 1. The first-order chi connectivity index (χ1) is 12.4. The molecule has 1 heterocycles. The summed E-state index contributed by atoms with van der Waals surface area (Å²) in [5, 5.41) is 2.25. The van der Waals surface area contributed by atoms with E-state index in [1.54, 1.807) is 12.1 Å². The molecule has 7 heteroatoms. The molecule has 0 aromatic heterocycles. The summed E-state index contributed by atoms with van der Waals surface area (Å²) >= 11 is 4.24. The normalized spacial score (nSPS) is 15.6. The first kappa shape index (κ1) is 18.4. The maximum absolute atomic E-state index is 12.5. The molecule has 0 atom stereocenters. The molecule has 1 aliphatic heterocycles. The number of nitrogens with one attached hydrogen (secondary N) is 1. The molecule has 0 unspecified atom stereocenters. The molecule has 0 spiro atoms. The lowest BCUT2D eigenvalue weighted by molar-refractivity contribution is -0.127. The van der Waals surface area contributed by atoms with Crippen molar-refractivity contribution in [2.75, 3.05) is 11.9 Å². The van der Waals surface area contributed by atoms with Crippen molar-refractivity contribution in [3.05, 3.63) is 69.0 Å². The van der Waals surface area contributed by atoms with Gasteiger partial charge in [0.1, 0.15) is 6.54 Å². The maximum Gasteiger partial charge on any atom is 0.294 e. The van der Waals surface area contributed by atoms with Crippen molar-refractivity contribution in [3.8, 4) is 0 Å². The Kier molecular flexibility index (Phi) is 5.58. The van der Waals surface area contributed by atoms with Crippen molar-refractivity contribution in [2.24, 2.45) is 0 Å². The van der Waals surface area contributed by atoms with Gasteiger partial charge >= 0.3 is 0 Å². The van der Waals surface area contributed by atoms with Crippen LogP contribution < -0.4 is 5.32 Å². The topological polar surface area (TPSA) is 66.5 Å². The van der Waals surface area contributed by atoms with Crippen LogP contribution in [-0.2, 0) is 9.59 Å². The summed E-state index contributed by atoms with van der Waals surface area (Å²) < 4.78 is 0.823. The summed E-state index contributed by atoms with van der Waals surface area (Å²) in [6, 6.07) is 14.7. The van der Waals surface area contributed by atoms with Crippen molar-refractivity contribution >= 4 is 56.5 Å². The van der Waals surface area contributed by atoms with Crippen LogP contribution in [0.4, 0.5) is 10.5 Å². The Balaban J connectivity index is 1.71. The summed E-state index contributed by atoms with van der Waals surface area (Å²) in [5.41, 5.74) is 2.43. The van der Waals surface area contributed by atoms with E-state index in [1.807, 2.05) is 49.4 Å². The van der Waals surface area contributed by atoms with E-state index in [0.717, 1.165) is 32.3 Å². The standard InChI is InChI=1S/C19H15BrN2O3S/c1-12-5-4-7-14(9-12)21-17(23)11-22-18(24)16(26-19(22)25)10-13-6-2-3-8-15(13)20/h2-10H,11H2,1H3,(H,21,23)/b16-10-. The molecule has 5 nitrogen and oxygen atoms in total. The van der Waals surface area contributed by atoms with Crippen LogP contribution in [0.5, 0.6) is 0 Å². The van der Waals surface area contributed by atoms with E-state index < -0.39 is 17.1 Å². The summed E-state index contributed by atoms with van der Waals surface area (Å²) in [6.07, 6.45) is 1.65. The van der Waals surface area contributed by atoms with Crippen molar-refractivity contribution < 1.29 is 14.4 Å². The van der Waals surface area contributed by atoms with E-state index in [-0.39, 0.29) is 6.54 Å². The number of amides is 3. The van der Waals surface area contributed by atoms with Gasteiger partial charge in [-0.05, 0) is 54.1 Å². The Labute approximate surface area is 163 Å². The van der Waals surface area contributed by atoms with E-state index in [9.17, 15) is 14.4 Å². The third kappa shape index (κ3) is 4.23. The van der Waals surface area contributed by atoms with Gasteiger partial charge in [-0.3, -0.25) is 19.3 Å². The summed E-state index contributed by atoms with van der Waals surface area (Å²) in [6.45, 7) is 1.60. The lowest BCUT2D eigenvalue weighted by Gasteiger charge is -2.12. The van der Waals surface area contributed by atoms with Crippen LogP contribution >= 0.6 is 27.7 Å². The molecule has 26 heavy (non-hydrogen) atoms. The van der Waals surface area contributed by atoms with Crippen molar-refractivity contribution in [1.29, 1.82) is 0 Å². The Morgan fingerprint density at radius 1 is 1.19 bits per heavy atom. The molecule has 1 N–H and O–H groups in total. The van der Waals surface area contributed by atoms with Crippen LogP contribution in [0.2, 0.25) is 0 Å². The lowest BCUT2D eigenvalue weighted by Crippen LogP contribution is -2.36. The molecular formula is C19H15BrN2O3S. The van der Waals surface area contributed by atoms with Gasteiger partial charge in [0.05, 0.1) is 4.91 Å². The molecule has 1 fully saturated rings. The van der Waals surface area contributed by atoms with E-state index in [0.29, 0.717) is 10.6 Å². The number of carbonyl (C=O) groups is 3. The van der Waals surface area contributed by atoms with Gasteiger partial charge in [0.15, 0.2) is 0 Å². The summed E-state index contributed by atoms with van der Waals surface area (Å²) in [5.74, 6) is -0.879. The van der Waals surface area contributed by atoms with E-state index in [4.69, 9.17) is 0 Å². The van der Waals surface area contributed by atoms with E-state index in [1.165, 1.54) is 0 Å². The highest BCUT2D eigenvalue weighted by Crippen LogP contribution is 2.33. The SMILES string of the molecule is Cc1cccc(NC(=O)CN2C(=O)S/C(=C\c3ccccc3Br)C2=O)c1. The first-order valence-electron chi connectivity index (χ1n) is 7.80. The third-order valence-corrected chi connectivity index (χ3v) is 5.30. The first-order valence-corrected chi connectivity index (χ1v) is 9.41. The molecule has 0 saturated carbocycles. The number of rotatable bonds is 4. The Bertz CT molecular complexity index is 927. The molecule has 2 aromatic rings. The molecule has 1 aliphatic rings. The van der Waals surface area contributed by atoms with E-state index >= 15 is 0 Å². The van der Waals surface area contributed by atoms with Gasteiger partial charge in [0.25, 0.3) is 11.1 Å². The van der Waals surface area contributed by atoms with Crippen LogP contribution in [0.15, 0.2) is 57.9 Å². The van der Waals surface area contributed by atoms with Gasteiger partial charge in [-0.2, -0.15) is 0 Å². The number of halogens is 1. The molecule has 3 rings (SSSR count). The van der Waals surface area contributed by atoms with Crippen LogP contribution in [0.1, 0.15) is 11.1 Å². The van der Waals surface area contributed by atoms with Crippen LogP contribution in [0, 0.1) is 6.92 Å². The molecule has 1 saturated heterocycles. The number of imide groups is 1. The minimum Gasteiger partial charge on any atom is -0.325 e. The number of carbonyl (C=O) groups excluding carboxylic acids is 3. The average molecular weight is 431 g/mol. The summed E-state index contributed by atoms with van der Waals surface area (Å²) in [7, 11) is 0. The monoisotopic (exact) mass is 430 g/mol. The smallest absolute Gasteiger partial charge is 0.294 e. The summed E-state index contributed by atoms with van der Waals surface area (Å²) in [4.78, 5) is 38.1. The number of nitrogens with zero attached hydrogens (tertiary/aromatic N) is 1. The van der Waals surface area contributed by atoms with Gasteiger partial charge in [-0.1, -0.05) is 46.3 Å². The highest BCUT2D eigenvalue weighted by atomic mass is 79.9. The van der Waals surface area contributed by atoms with Gasteiger partial charge in [-0.15, -0.1) is 0 Å². The minimum absolute atomic E-state index is 0.297. The Morgan fingerprint density at radius 2 is 1.96 bits per heavy atom. The van der Waals surface area contributed by atoms with Crippen LogP contribution in [0.25, 0.3) is 6.08 Å². The largest absolute Gasteiger partial charge is 0.325 e. The Morgan fingerprint density at radius 3 is 2.69 bits per heavy atom. The van der Waals surface area contributed by atoms with E-state index in [2.05, 4.69) is 21.2 Å².